The molecule has 0 radical (unpaired) electrons. The molecule has 0 unspecified atom stereocenters. The third-order valence-corrected chi connectivity index (χ3v) is 7.29. The zero-order valence-electron chi connectivity index (χ0n) is 20.6. The SMILES string of the molecule is Cc1ccc(-c2nc(N/N=C\c3ccccc3OCc3ccc(Cl)cc3)sc2-c2ccccc2)cc1C. The Morgan fingerprint density at radius 1 is 0.865 bits per heavy atom. The van der Waals surface area contributed by atoms with Crippen molar-refractivity contribution in [2.75, 3.05) is 5.43 Å². The normalized spacial score (nSPS) is 11.1. The molecular formula is C31H26ClN3OS. The fourth-order valence-electron chi connectivity index (χ4n) is 3.85. The molecule has 4 nitrogen and oxygen atoms in total. The third-order valence-electron chi connectivity index (χ3n) is 6.03. The summed E-state index contributed by atoms with van der Waals surface area (Å²) in [7, 11) is 0. The smallest absolute Gasteiger partial charge is 0.204 e. The maximum Gasteiger partial charge on any atom is 0.204 e. The maximum absolute atomic E-state index is 6.05. The monoisotopic (exact) mass is 523 g/mol. The molecular weight excluding hydrogens is 498 g/mol. The Bertz CT molecular complexity index is 1530. The summed E-state index contributed by atoms with van der Waals surface area (Å²) in [5.74, 6) is 0.753. The molecule has 0 saturated heterocycles. The minimum atomic E-state index is 0.446. The van der Waals surface area contributed by atoms with E-state index in [-0.39, 0.29) is 0 Å². The summed E-state index contributed by atoms with van der Waals surface area (Å²) in [5, 5.41) is 5.92. The number of ether oxygens (including phenoxy) is 1. The summed E-state index contributed by atoms with van der Waals surface area (Å²) in [5.41, 5.74) is 10.7. The zero-order chi connectivity index (χ0) is 25.6. The average molecular weight is 524 g/mol. The number of aryl methyl sites for hydroxylation is 2. The summed E-state index contributed by atoms with van der Waals surface area (Å²) in [6, 6.07) is 32.3. The van der Waals surface area contributed by atoms with E-state index in [0.717, 1.165) is 43.7 Å². The van der Waals surface area contributed by atoms with Crippen LogP contribution in [-0.2, 0) is 6.61 Å². The minimum Gasteiger partial charge on any atom is -0.488 e. The highest BCUT2D eigenvalue weighted by atomic mass is 35.5. The minimum absolute atomic E-state index is 0.446. The van der Waals surface area contributed by atoms with Crippen LogP contribution in [0.25, 0.3) is 21.7 Å². The molecule has 0 bridgehead atoms. The summed E-state index contributed by atoms with van der Waals surface area (Å²) in [6.45, 7) is 4.70. The van der Waals surface area contributed by atoms with Crippen molar-refractivity contribution in [1.82, 2.24) is 4.98 Å². The van der Waals surface area contributed by atoms with E-state index in [1.807, 2.05) is 66.7 Å². The highest BCUT2D eigenvalue weighted by molar-refractivity contribution is 7.19. The van der Waals surface area contributed by atoms with Gasteiger partial charge in [0.25, 0.3) is 0 Å². The Balaban J connectivity index is 1.37. The topological polar surface area (TPSA) is 46.5 Å². The lowest BCUT2D eigenvalue weighted by Crippen LogP contribution is -1.99. The van der Waals surface area contributed by atoms with E-state index in [0.29, 0.717) is 11.6 Å². The number of benzene rings is 4. The predicted octanol–water partition coefficient (Wildman–Crippen LogP) is 8.77. The molecule has 0 spiro atoms. The van der Waals surface area contributed by atoms with E-state index in [1.165, 1.54) is 11.1 Å². The Labute approximate surface area is 226 Å². The first-order valence-corrected chi connectivity index (χ1v) is 13.2. The van der Waals surface area contributed by atoms with Gasteiger partial charge in [0.15, 0.2) is 0 Å². The molecule has 0 fully saturated rings. The summed E-state index contributed by atoms with van der Waals surface area (Å²) < 4.78 is 6.05. The van der Waals surface area contributed by atoms with Gasteiger partial charge in [-0.25, -0.2) is 4.98 Å². The number of rotatable bonds is 8. The van der Waals surface area contributed by atoms with Crippen LogP contribution in [0.5, 0.6) is 5.75 Å². The maximum atomic E-state index is 6.05. The molecule has 1 heterocycles. The second-order valence-electron chi connectivity index (χ2n) is 8.68. The first-order chi connectivity index (χ1) is 18.1. The number of anilines is 1. The van der Waals surface area contributed by atoms with E-state index in [9.17, 15) is 0 Å². The number of nitrogens with one attached hydrogen (secondary N) is 1. The molecule has 184 valence electrons. The number of hydrogen-bond acceptors (Lipinski definition) is 5. The molecule has 0 aliphatic rings. The fourth-order valence-corrected chi connectivity index (χ4v) is 4.92. The molecule has 6 heteroatoms. The van der Waals surface area contributed by atoms with Crippen molar-refractivity contribution < 1.29 is 4.74 Å². The van der Waals surface area contributed by atoms with Crippen LogP contribution in [0.15, 0.2) is 102 Å². The van der Waals surface area contributed by atoms with Crippen LogP contribution in [0, 0.1) is 13.8 Å². The highest BCUT2D eigenvalue weighted by Gasteiger charge is 2.15. The van der Waals surface area contributed by atoms with Crippen molar-refractivity contribution in [3.05, 3.63) is 124 Å². The van der Waals surface area contributed by atoms with Gasteiger partial charge in [-0.3, -0.25) is 5.43 Å². The van der Waals surface area contributed by atoms with E-state index in [1.54, 1.807) is 17.6 Å². The molecule has 0 aliphatic carbocycles. The summed E-state index contributed by atoms with van der Waals surface area (Å²) in [6.07, 6.45) is 1.76. The van der Waals surface area contributed by atoms with Crippen molar-refractivity contribution in [2.45, 2.75) is 20.5 Å². The number of hydrogen-bond donors (Lipinski definition) is 1. The molecule has 5 rings (SSSR count). The first kappa shape index (κ1) is 24.8. The van der Waals surface area contributed by atoms with Gasteiger partial charge in [0.05, 0.1) is 16.8 Å². The van der Waals surface area contributed by atoms with Gasteiger partial charge in [0.2, 0.25) is 5.13 Å². The second-order valence-corrected chi connectivity index (χ2v) is 10.1. The van der Waals surface area contributed by atoms with Gasteiger partial charge in [-0.15, -0.1) is 0 Å². The quantitative estimate of drug-likeness (QED) is 0.163. The van der Waals surface area contributed by atoms with Gasteiger partial charge >= 0.3 is 0 Å². The van der Waals surface area contributed by atoms with Gasteiger partial charge in [-0.2, -0.15) is 5.10 Å². The van der Waals surface area contributed by atoms with Gasteiger partial charge in [0.1, 0.15) is 12.4 Å². The van der Waals surface area contributed by atoms with Gasteiger partial charge < -0.3 is 4.74 Å². The molecule has 4 aromatic carbocycles. The standard InChI is InChI=1S/C31H26ClN3OS/c1-21-12-15-25(18-22(21)2)29-30(24-8-4-3-5-9-24)37-31(34-29)35-33-19-26-10-6-7-11-28(26)36-20-23-13-16-27(32)17-14-23/h3-19H,20H2,1-2H3,(H,34,35)/b33-19-. The molecule has 1 aromatic heterocycles. The van der Waals surface area contributed by atoms with Crippen LogP contribution in [0.2, 0.25) is 5.02 Å². The van der Waals surface area contributed by atoms with E-state index in [2.05, 4.69) is 54.7 Å². The number of hydrazone groups is 1. The zero-order valence-corrected chi connectivity index (χ0v) is 22.2. The van der Waals surface area contributed by atoms with Gasteiger partial charge in [-0.05, 0) is 66.4 Å². The molecule has 0 aliphatic heterocycles. The van der Waals surface area contributed by atoms with Crippen LogP contribution in [-0.4, -0.2) is 11.2 Å². The molecule has 0 saturated carbocycles. The van der Waals surface area contributed by atoms with Crippen LogP contribution in [0.4, 0.5) is 5.13 Å². The molecule has 37 heavy (non-hydrogen) atoms. The van der Waals surface area contributed by atoms with Crippen LogP contribution >= 0.6 is 22.9 Å². The summed E-state index contributed by atoms with van der Waals surface area (Å²) >= 11 is 7.57. The second kappa shape index (κ2) is 11.4. The predicted molar refractivity (Wildman–Crippen MR) is 156 cm³/mol. The first-order valence-electron chi connectivity index (χ1n) is 12.0. The Morgan fingerprint density at radius 2 is 1.62 bits per heavy atom. The van der Waals surface area contributed by atoms with Crippen LogP contribution < -0.4 is 10.2 Å². The van der Waals surface area contributed by atoms with Gasteiger partial charge in [-0.1, -0.05) is 89.7 Å². The molecule has 5 aromatic rings. The van der Waals surface area contributed by atoms with Crippen molar-refractivity contribution in [2.24, 2.45) is 5.10 Å². The Morgan fingerprint density at radius 3 is 2.41 bits per heavy atom. The summed E-state index contributed by atoms with van der Waals surface area (Å²) in [4.78, 5) is 6.02. The average Bonchev–Trinajstić information content (AvgIpc) is 3.35. The van der Waals surface area contributed by atoms with E-state index in [4.69, 9.17) is 21.3 Å². The van der Waals surface area contributed by atoms with Gasteiger partial charge in [0, 0.05) is 16.1 Å². The Hall–Kier alpha value is -3.93. The number of aromatic nitrogens is 1. The van der Waals surface area contributed by atoms with Crippen LogP contribution in [0.3, 0.4) is 0 Å². The lowest BCUT2D eigenvalue weighted by Gasteiger charge is -2.09. The van der Waals surface area contributed by atoms with Crippen molar-refractivity contribution in [3.8, 4) is 27.4 Å². The molecule has 0 atom stereocenters. The van der Waals surface area contributed by atoms with Crippen molar-refractivity contribution >= 4 is 34.3 Å². The lowest BCUT2D eigenvalue weighted by atomic mass is 10.0. The van der Waals surface area contributed by atoms with Crippen molar-refractivity contribution in [3.63, 3.8) is 0 Å². The number of thiazole rings is 1. The largest absolute Gasteiger partial charge is 0.488 e. The van der Waals surface area contributed by atoms with Crippen molar-refractivity contribution in [1.29, 1.82) is 0 Å². The number of para-hydroxylation sites is 1. The third kappa shape index (κ3) is 6.08. The molecule has 1 N–H and O–H groups in total. The van der Waals surface area contributed by atoms with E-state index < -0.39 is 0 Å². The highest BCUT2D eigenvalue weighted by Crippen LogP contribution is 2.39. The number of nitrogens with zero attached hydrogens (tertiary/aromatic N) is 2. The van der Waals surface area contributed by atoms with Crippen LogP contribution in [0.1, 0.15) is 22.3 Å². The Kier molecular flexibility index (Phi) is 7.64. The fraction of sp³-hybridized carbons (Fsp3) is 0.0968. The lowest BCUT2D eigenvalue weighted by molar-refractivity contribution is 0.306. The number of halogens is 1. The molecule has 0 amide bonds. The van der Waals surface area contributed by atoms with E-state index >= 15 is 0 Å².